The Morgan fingerprint density at radius 2 is 1.96 bits per heavy atom. The molecule has 2 aliphatic rings. The number of aromatic amines is 1. The molecule has 0 aromatic carbocycles. The first-order valence-electron chi connectivity index (χ1n) is 9.63. The first-order valence-corrected chi connectivity index (χ1v) is 10.5. The molecule has 1 aromatic heterocycles. The molecule has 9 heteroatoms. The van der Waals surface area contributed by atoms with E-state index in [1.807, 2.05) is 26.8 Å². The molecule has 1 atom stereocenters. The fraction of sp³-hybridized carbons (Fsp3) is 0.684. The summed E-state index contributed by atoms with van der Waals surface area (Å²) in [5, 5.41) is 7.39. The van der Waals surface area contributed by atoms with E-state index in [2.05, 4.69) is 10.2 Å². The lowest BCUT2D eigenvalue weighted by Gasteiger charge is -2.33. The van der Waals surface area contributed by atoms with Crippen LogP contribution in [-0.4, -0.2) is 62.7 Å². The van der Waals surface area contributed by atoms with Gasteiger partial charge in [0, 0.05) is 55.9 Å². The van der Waals surface area contributed by atoms with Crippen LogP contribution in [0, 0.1) is 0 Å². The second kappa shape index (κ2) is 8.14. The van der Waals surface area contributed by atoms with Crippen molar-refractivity contribution >= 4 is 34.7 Å². The van der Waals surface area contributed by atoms with Gasteiger partial charge in [-0.15, -0.1) is 0 Å². The topological polar surface area (TPSA) is 95.6 Å². The molecule has 0 saturated carbocycles. The Morgan fingerprint density at radius 1 is 1.29 bits per heavy atom. The molecule has 2 aliphatic heterocycles. The largest absolute Gasteiger partial charge is 0.444 e. The van der Waals surface area contributed by atoms with Gasteiger partial charge in [-0.1, -0.05) is 11.8 Å². The third-order valence-electron chi connectivity index (χ3n) is 4.87. The quantitative estimate of drug-likeness (QED) is 0.826. The molecule has 28 heavy (non-hydrogen) atoms. The van der Waals surface area contributed by atoms with E-state index in [1.165, 1.54) is 18.7 Å². The maximum Gasteiger partial charge on any atom is 0.410 e. The summed E-state index contributed by atoms with van der Waals surface area (Å²) in [6.07, 6.45) is 1.73. The van der Waals surface area contributed by atoms with Crippen LogP contribution in [0.15, 0.2) is 6.07 Å². The predicted molar refractivity (Wildman–Crippen MR) is 107 cm³/mol. The third kappa shape index (κ3) is 5.06. The van der Waals surface area contributed by atoms with Crippen molar-refractivity contribution in [3.63, 3.8) is 0 Å². The highest BCUT2D eigenvalue weighted by Gasteiger charge is 2.34. The first kappa shape index (κ1) is 20.7. The smallest absolute Gasteiger partial charge is 0.410 e. The van der Waals surface area contributed by atoms with Crippen LogP contribution in [0.5, 0.6) is 0 Å². The van der Waals surface area contributed by atoms with Gasteiger partial charge in [0.15, 0.2) is 10.9 Å². The van der Waals surface area contributed by atoms with Gasteiger partial charge >= 0.3 is 6.09 Å². The van der Waals surface area contributed by atoms with Crippen LogP contribution >= 0.6 is 11.8 Å². The molecule has 0 radical (unpaired) electrons. The zero-order chi connectivity index (χ0) is 20.5. The number of piperidine rings is 1. The number of nitrogens with zero attached hydrogens (tertiary/aromatic N) is 3. The van der Waals surface area contributed by atoms with Crippen LogP contribution in [0.1, 0.15) is 58.6 Å². The van der Waals surface area contributed by atoms with Crippen molar-refractivity contribution in [2.75, 3.05) is 24.5 Å². The van der Waals surface area contributed by atoms with Gasteiger partial charge in [-0.2, -0.15) is 5.10 Å². The Hall–Kier alpha value is -2.03. The normalized spacial score (nSPS) is 21.3. The zero-order valence-corrected chi connectivity index (χ0v) is 17.7. The Bertz CT molecular complexity index is 749. The molecule has 8 nitrogen and oxygen atoms in total. The Morgan fingerprint density at radius 3 is 2.57 bits per heavy atom. The minimum atomic E-state index is -0.493. The Labute approximate surface area is 169 Å². The maximum absolute atomic E-state index is 12.3. The van der Waals surface area contributed by atoms with Gasteiger partial charge in [0.25, 0.3) is 0 Å². The molecule has 0 spiro atoms. The number of ether oxygens (including phenoxy) is 1. The molecule has 3 rings (SSSR count). The minimum absolute atomic E-state index is 0.00320. The summed E-state index contributed by atoms with van der Waals surface area (Å²) in [7, 11) is 0. The van der Waals surface area contributed by atoms with E-state index in [1.54, 1.807) is 9.80 Å². The fourth-order valence-corrected chi connectivity index (χ4v) is 4.50. The van der Waals surface area contributed by atoms with E-state index in [4.69, 9.17) is 4.74 Å². The number of hydrogen-bond acceptors (Lipinski definition) is 6. The zero-order valence-electron chi connectivity index (χ0n) is 16.9. The predicted octanol–water partition coefficient (Wildman–Crippen LogP) is 2.91. The number of aromatic nitrogens is 2. The van der Waals surface area contributed by atoms with Crippen LogP contribution in [0.4, 0.5) is 10.6 Å². The monoisotopic (exact) mass is 408 g/mol. The molecule has 2 fully saturated rings. The number of hydrogen-bond donors (Lipinski definition) is 1. The number of amides is 2. The maximum atomic E-state index is 12.3. The Balaban J connectivity index is 1.56. The van der Waals surface area contributed by atoms with E-state index in [0.29, 0.717) is 31.9 Å². The van der Waals surface area contributed by atoms with Crippen LogP contribution in [0.25, 0.3) is 0 Å². The standard InChI is InChI=1S/C19H28N4O4S/c1-12(24)28-14-9-17(25)23(11-14)16-10-15(20-21-16)13-5-7-22(8-6-13)18(26)27-19(2,3)4/h10,13-14H,5-9,11H2,1-4H3,(H,20,21). The van der Waals surface area contributed by atoms with Crippen molar-refractivity contribution in [3.8, 4) is 0 Å². The van der Waals surface area contributed by atoms with Crippen molar-refractivity contribution in [1.29, 1.82) is 0 Å². The van der Waals surface area contributed by atoms with E-state index in [0.717, 1.165) is 18.5 Å². The van der Waals surface area contributed by atoms with Gasteiger partial charge < -0.3 is 9.64 Å². The summed E-state index contributed by atoms with van der Waals surface area (Å²) in [5.74, 6) is 0.873. The van der Waals surface area contributed by atoms with Crippen LogP contribution in [-0.2, 0) is 14.3 Å². The average Bonchev–Trinajstić information content (AvgIpc) is 3.19. The van der Waals surface area contributed by atoms with Gasteiger partial charge in [0.1, 0.15) is 5.60 Å². The highest BCUT2D eigenvalue weighted by Crippen LogP contribution is 2.32. The molecule has 3 heterocycles. The number of carbonyl (C=O) groups excluding carboxylic acids is 3. The number of anilines is 1. The van der Waals surface area contributed by atoms with Gasteiger partial charge in [0.05, 0.1) is 0 Å². The fourth-order valence-electron chi connectivity index (χ4n) is 3.58. The summed E-state index contributed by atoms with van der Waals surface area (Å²) < 4.78 is 5.44. The van der Waals surface area contributed by atoms with Gasteiger partial charge in [-0.3, -0.25) is 19.6 Å². The van der Waals surface area contributed by atoms with Crippen molar-refractivity contribution in [3.05, 3.63) is 11.8 Å². The molecule has 1 unspecified atom stereocenters. The summed E-state index contributed by atoms with van der Waals surface area (Å²) in [5.41, 5.74) is 0.488. The van der Waals surface area contributed by atoms with Crippen molar-refractivity contribution in [1.82, 2.24) is 15.1 Å². The molecule has 2 saturated heterocycles. The summed E-state index contributed by atoms with van der Waals surface area (Å²) in [6, 6.07) is 1.92. The highest BCUT2D eigenvalue weighted by molar-refractivity contribution is 8.14. The molecule has 0 aliphatic carbocycles. The highest BCUT2D eigenvalue weighted by atomic mass is 32.2. The minimum Gasteiger partial charge on any atom is -0.444 e. The number of H-pyrrole nitrogens is 1. The molecular formula is C19H28N4O4S. The second-order valence-corrected chi connectivity index (χ2v) is 9.84. The molecule has 2 amide bonds. The lowest BCUT2D eigenvalue weighted by molar-refractivity contribution is -0.117. The van der Waals surface area contributed by atoms with Gasteiger partial charge in [-0.25, -0.2) is 4.79 Å². The molecule has 1 aromatic rings. The van der Waals surface area contributed by atoms with E-state index in [9.17, 15) is 14.4 Å². The Kier molecular flexibility index (Phi) is 6.02. The van der Waals surface area contributed by atoms with Crippen LogP contribution in [0.2, 0.25) is 0 Å². The molecule has 1 N–H and O–H groups in total. The van der Waals surface area contributed by atoms with E-state index < -0.39 is 5.60 Å². The van der Waals surface area contributed by atoms with Crippen LogP contribution in [0.3, 0.4) is 0 Å². The third-order valence-corrected chi connectivity index (χ3v) is 5.85. The first-order chi connectivity index (χ1) is 13.1. The average molecular weight is 409 g/mol. The van der Waals surface area contributed by atoms with Crippen LogP contribution < -0.4 is 4.90 Å². The van der Waals surface area contributed by atoms with E-state index >= 15 is 0 Å². The number of carbonyl (C=O) groups is 3. The summed E-state index contributed by atoms with van der Waals surface area (Å²) in [6.45, 7) is 8.88. The lowest BCUT2D eigenvalue weighted by Crippen LogP contribution is -2.41. The van der Waals surface area contributed by atoms with Gasteiger partial charge in [-0.05, 0) is 33.6 Å². The number of nitrogens with one attached hydrogen (secondary N) is 1. The second-order valence-electron chi connectivity index (χ2n) is 8.36. The molecule has 0 bridgehead atoms. The van der Waals surface area contributed by atoms with E-state index in [-0.39, 0.29) is 28.3 Å². The number of likely N-dealkylation sites (tertiary alicyclic amines) is 1. The molecule has 154 valence electrons. The summed E-state index contributed by atoms with van der Waals surface area (Å²) >= 11 is 1.22. The lowest BCUT2D eigenvalue weighted by atomic mass is 9.94. The number of thioether (sulfide) groups is 1. The number of rotatable bonds is 3. The molecular weight excluding hydrogens is 380 g/mol. The van der Waals surface area contributed by atoms with Crippen molar-refractivity contribution in [2.24, 2.45) is 0 Å². The van der Waals surface area contributed by atoms with Crippen molar-refractivity contribution < 1.29 is 19.1 Å². The van der Waals surface area contributed by atoms with Crippen molar-refractivity contribution in [2.45, 2.75) is 63.7 Å². The summed E-state index contributed by atoms with van der Waals surface area (Å²) in [4.78, 5) is 39.1. The SMILES string of the molecule is CC(=O)SC1CC(=O)N(c2cc(C3CCN(C(=O)OC(C)(C)C)CC3)[nH]n2)C1. The van der Waals surface area contributed by atoms with Gasteiger partial charge in [0.2, 0.25) is 5.91 Å².